The molecule has 6 heteroatoms. The van der Waals surface area contributed by atoms with Crippen LogP contribution in [0.5, 0.6) is 0 Å². The van der Waals surface area contributed by atoms with Crippen LogP contribution in [-0.4, -0.2) is 31.0 Å². The minimum absolute atomic E-state index is 0. The van der Waals surface area contributed by atoms with Gasteiger partial charge in [-0.3, -0.25) is 0 Å². The minimum Gasteiger partial charge on any atom is -1.00 e. The molecule has 0 aliphatic heterocycles. The molecule has 1 unspecified atom stereocenters. The van der Waals surface area contributed by atoms with E-state index in [0.717, 1.165) is 0 Å². The fraction of sp³-hybridized carbons (Fsp3) is 0.417. The molecule has 0 aromatic heterocycles. The van der Waals surface area contributed by atoms with Crippen LogP contribution in [0.1, 0.15) is 1.43 Å². The Morgan fingerprint density at radius 2 is 0.833 bits per heavy atom. The zero-order valence-electron chi connectivity index (χ0n) is 21.6. The van der Waals surface area contributed by atoms with E-state index < -0.39 is 24.2 Å². The summed E-state index contributed by atoms with van der Waals surface area (Å²) in [4.78, 5) is 8.00. The van der Waals surface area contributed by atoms with Crippen molar-refractivity contribution in [1.29, 1.82) is 0 Å². The molecule has 0 radical (unpaired) electrons. The Kier molecular flexibility index (Phi) is 21.5. The first-order valence-electron chi connectivity index (χ1n) is 9.71. The van der Waals surface area contributed by atoms with Crippen LogP contribution in [0.3, 0.4) is 0 Å². The number of rotatable bonds is 3. The molecule has 0 aliphatic rings. The Labute approximate surface area is 208 Å². The fourth-order valence-electron chi connectivity index (χ4n) is 4.06. The molecule has 2 aromatic rings. The van der Waals surface area contributed by atoms with Gasteiger partial charge in [0, 0.05) is 24.2 Å². The van der Waals surface area contributed by atoms with Crippen LogP contribution in [-0.2, 0) is 24.3 Å². The number of carbonyl (C=O) groups excluding carboxylic acids is 1. The van der Waals surface area contributed by atoms with Gasteiger partial charge in [0.25, 0.3) is 0 Å². The first kappa shape index (κ1) is 37.1. The summed E-state index contributed by atoms with van der Waals surface area (Å²) in [5.41, 5.74) is 0. The van der Waals surface area contributed by atoms with E-state index in [4.69, 9.17) is 11.7 Å². The van der Waals surface area contributed by atoms with Gasteiger partial charge in [0.05, 0.1) is 0 Å². The van der Waals surface area contributed by atoms with E-state index in [2.05, 4.69) is 71.1 Å². The topological polar surface area (TPSA) is 17.1 Å². The summed E-state index contributed by atoms with van der Waals surface area (Å²) in [5, 5.41) is 0. The van der Waals surface area contributed by atoms with Gasteiger partial charge in [-0.15, -0.1) is 0 Å². The van der Waals surface area contributed by atoms with Crippen LogP contribution < -0.4 is 0 Å². The van der Waals surface area contributed by atoms with Crippen molar-refractivity contribution in [3.05, 3.63) is 79.7 Å². The van der Waals surface area contributed by atoms with Crippen molar-refractivity contribution in [2.24, 2.45) is 0 Å². The second-order valence-corrected chi connectivity index (χ2v) is 27.4. The molecule has 0 aliphatic carbocycles. The van der Waals surface area contributed by atoms with Gasteiger partial charge in [-0.25, -0.2) is 0 Å². The van der Waals surface area contributed by atoms with Crippen molar-refractivity contribution in [3.63, 3.8) is 0 Å². The molecule has 0 heterocycles. The normalized spacial score (nSPS) is 10.7. The van der Waals surface area contributed by atoms with Crippen LogP contribution in [0.25, 0.3) is 0 Å². The van der Waals surface area contributed by atoms with Crippen LogP contribution in [0, 0.1) is 19.1 Å². The number of hydrogen-bond acceptors (Lipinski definition) is 1. The smallest absolute Gasteiger partial charge is 1.00 e. The average Bonchev–Trinajstić information content (AvgIpc) is 2.64. The Balaban J connectivity index is -0.000000111. The van der Waals surface area contributed by atoms with Crippen molar-refractivity contribution >= 4 is 40.9 Å². The summed E-state index contributed by atoms with van der Waals surface area (Å²) in [6, 6.07) is 25.0. The zero-order valence-corrected chi connectivity index (χ0v) is 26.7. The standard InChI is InChI=1S/C11H29Si3.2C6H5.CH2O.H3P.Rh.H/c1-11(12(2,3)4,13(5,6)7)14(8,9)10;2*1-2-4-6-5-3-1;1-2;;;/h1H2,2-10H3;2*1-5H;1H2;1H3;;/q3*-1;;;+3;-1. The molecule has 2 rings (SSSR count). The van der Waals surface area contributed by atoms with Gasteiger partial charge < -0.3 is 13.1 Å². The summed E-state index contributed by atoms with van der Waals surface area (Å²) < 4.78 is 0.479. The van der Waals surface area contributed by atoms with Crippen LogP contribution in [0.2, 0.25) is 63.2 Å². The molecule has 174 valence electrons. The molecular formula is C24H45OPRhSi3-. The van der Waals surface area contributed by atoms with Gasteiger partial charge in [0.15, 0.2) is 0 Å². The third-order valence-corrected chi connectivity index (χ3v) is 26.2. The monoisotopic (exact) mass is 567 g/mol. The quantitative estimate of drug-likeness (QED) is 0.212. The number of benzene rings is 2. The van der Waals surface area contributed by atoms with Crippen LogP contribution in [0.4, 0.5) is 0 Å². The Hall–Kier alpha value is -0.186. The van der Waals surface area contributed by atoms with Gasteiger partial charge in [-0.1, -0.05) is 58.9 Å². The molecular weight excluding hydrogens is 522 g/mol. The van der Waals surface area contributed by atoms with Gasteiger partial charge >= 0.3 is 19.5 Å². The van der Waals surface area contributed by atoms with Gasteiger partial charge in [-0.05, 0) is 0 Å². The van der Waals surface area contributed by atoms with Crippen molar-refractivity contribution < 1.29 is 25.7 Å². The Bertz CT molecular complexity index is 492. The number of carbonyl (C=O) groups is 1. The third kappa shape index (κ3) is 13.3. The molecule has 0 fully saturated rings. The SMILES string of the molecule is C=O.P.[CH2-]C([Si](C)(C)C)([Si](C)(C)C)[Si](C)(C)C.[H-].[Rh+3].[c-]1ccccc1.[c-]1ccccc1. The predicted octanol–water partition coefficient (Wildman–Crippen LogP) is 7.61. The van der Waals surface area contributed by atoms with E-state index in [9.17, 15) is 0 Å². The molecule has 0 bridgehead atoms. The van der Waals surface area contributed by atoms with Crippen molar-refractivity contribution in [2.75, 3.05) is 0 Å². The first-order chi connectivity index (χ1) is 12.8. The largest absolute Gasteiger partial charge is 3.00 e. The van der Waals surface area contributed by atoms with Crippen molar-refractivity contribution in [2.45, 2.75) is 63.2 Å². The molecule has 2 aromatic carbocycles. The molecule has 0 spiro atoms. The average molecular weight is 568 g/mol. The second-order valence-electron chi connectivity index (χ2n) is 9.81. The molecule has 0 saturated carbocycles. The van der Waals surface area contributed by atoms with Gasteiger partial charge in [-0.2, -0.15) is 87.0 Å². The van der Waals surface area contributed by atoms with Crippen LogP contribution in [0.15, 0.2) is 60.7 Å². The Morgan fingerprint density at radius 3 is 0.867 bits per heavy atom. The maximum atomic E-state index is 8.00. The summed E-state index contributed by atoms with van der Waals surface area (Å²) >= 11 is 0. The zero-order chi connectivity index (χ0) is 22.5. The van der Waals surface area contributed by atoms with E-state index in [1.807, 2.05) is 67.5 Å². The van der Waals surface area contributed by atoms with E-state index in [-0.39, 0.29) is 30.8 Å². The van der Waals surface area contributed by atoms with Gasteiger partial charge in [0.2, 0.25) is 0 Å². The third-order valence-electron chi connectivity index (χ3n) is 5.06. The molecule has 30 heavy (non-hydrogen) atoms. The van der Waals surface area contributed by atoms with E-state index in [1.165, 1.54) is 0 Å². The van der Waals surface area contributed by atoms with Crippen molar-refractivity contribution in [3.8, 4) is 0 Å². The van der Waals surface area contributed by atoms with Crippen LogP contribution >= 0.6 is 9.90 Å². The predicted molar refractivity (Wildman–Crippen MR) is 148 cm³/mol. The molecule has 1 nitrogen and oxygen atoms in total. The van der Waals surface area contributed by atoms with Crippen molar-refractivity contribution in [1.82, 2.24) is 0 Å². The summed E-state index contributed by atoms with van der Waals surface area (Å²) in [7, 11) is -3.51. The van der Waals surface area contributed by atoms with E-state index >= 15 is 0 Å². The number of hydrogen-bond donors (Lipinski definition) is 0. The van der Waals surface area contributed by atoms with Gasteiger partial charge in [0.1, 0.15) is 6.79 Å². The fourth-order valence-corrected chi connectivity index (χ4v) is 31.1. The second kappa shape index (κ2) is 17.4. The maximum Gasteiger partial charge on any atom is 3.00 e. The molecule has 0 saturated heterocycles. The molecule has 0 amide bonds. The van der Waals surface area contributed by atoms with E-state index in [0.29, 0.717) is 4.28 Å². The molecule has 0 N–H and O–H groups in total. The summed E-state index contributed by atoms with van der Waals surface area (Å²) in [6.45, 7) is 29.4. The first-order valence-corrected chi connectivity index (χ1v) is 20.2. The summed E-state index contributed by atoms with van der Waals surface area (Å²) in [5.74, 6) is 0. The Morgan fingerprint density at radius 1 is 0.633 bits per heavy atom. The molecule has 1 atom stereocenters. The summed E-state index contributed by atoms with van der Waals surface area (Å²) in [6.07, 6.45) is 0. The van der Waals surface area contributed by atoms with E-state index in [1.54, 1.807) is 0 Å². The maximum absolute atomic E-state index is 8.00. The minimum atomic E-state index is -1.17.